The van der Waals surface area contributed by atoms with Crippen LogP contribution in [0.3, 0.4) is 0 Å². The van der Waals surface area contributed by atoms with Gasteiger partial charge in [-0.15, -0.1) is 0 Å². The highest BCUT2D eigenvalue weighted by atomic mass is 16.2. The molecule has 70 valence electrons. The molecular formula is C9H18N2O. The van der Waals surface area contributed by atoms with Gasteiger partial charge in [0.1, 0.15) is 0 Å². The Labute approximate surface area is 73.9 Å². The highest BCUT2D eigenvalue weighted by molar-refractivity contribution is 5.81. The van der Waals surface area contributed by atoms with E-state index in [1.54, 1.807) is 6.92 Å². The summed E-state index contributed by atoms with van der Waals surface area (Å²) in [4.78, 5) is 13.3. The van der Waals surface area contributed by atoms with E-state index in [1.165, 1.54) is 6.42 Å². The molecule has 1 aliphatic rings. The number of likely N-dealkylation sites (tertiary alicyclic amines) is 1. The Balaban J connectivity index is 2.46. The van der Waals surface area contributed by atoms with Crippen LogP contribution in [0, 0.1) is 5.92 Å². The zero-order chi connectivity index (χ0) is 9.14. The Morgan fingerprint density at radius 2 is 2.33 bits per heavy atom. The van der Waals surface area contributed by atoms with Gasteiger partial charge in [0.15, 0.2) is 0 Å². The second-order valence-electron chi connectivity index (χ2n) is 3.82. The van der Waals surface area contributed by atoms with Gasteiger partial charge in [0.05, 0.1) is 6.04 Å². The quantitative estimate of drug-likeness (QED) is 0.626. The summed E-state index contributed by atoms with van der Waals surface area (Å²) in [6.07, 6.45) is 2.36. The van der Waals surface area contributed by atoms with Crippen LogP contribution in [0.1, 0.15) is 26.7 Å². The fourth-order valence-corrected chi connectivity index (χ4v) is 1.68. The lowest BCUT2D eigenvalue weighted by Crippen LogP contribution is -2.46. The third-order valence-corrected chi connectivity index (χ3v) is 2.36. The van der Waals surface area contributed by atoms with Crippen LogP contribution >= 0.6 is 0 Å². The van der Waals surface area contributed by atoms with Crippen molar-refractivity contribution in [3.8, 4) is 0 Å². The van der Waals surface area contributed by atoms with E-state index in [4.69, 9.17) is 5.73 Å². The predicted octanol–water partition coefficient (Wildman–Crippen LogP) is 0.592. The molecule has 12 heavy (non-hydrogen) atoms. The number of piperidine rings is 1. The Bertz CT molecular complexity index is 168. The summed E-state index contributed by atoms with van der Waals surface area (Å²) in [5.74, 6) is 0.739. The number of hydrogen-bond donors (Lipinski definition) is 1. The number of amides is 1. The molecule has 2 unspecified atom stereocenters. The Hall–Kier alpha value is -0.570. The molecule has 1 heterocycles. The van der Waals surface area contributed by atoms with Crippen molar-refractivity contribution in [3.05, 3.63) is 0 Å². The van der Waals surface area contributed by atoms with Gasteiger partial charge >= 0.3 is 0 Å². The molecule has 1 fully saturated rings. The smallest absolute Gasteiger partial charge is 0.239 e. The van der Waals surface area contributed by atoms with Gasteiger partial charge in [-0.1, -0.05) is 6.92 Å². The number of nitrogens with two attached hydrogens (primary N) is 1. The zero-order valence-corrected chi connectivity index (χ0v) is 7.92. The molecule has 0 spiro atoms. The summed E-state index contributed by atoms with van der Waals surface area (Å²) in [5, 5.41) is 0. The van der Waals surface area contributed by atoms with Crippen molar-refractivity contribution in [1.82, 2.24) is 4.90 Å². The van der Waals surface area contributed by atoms with Crippen LogP contribution in [0.4, 0.5) is 0 Å². The second-order valence-corrected chi connectivity index (χ2v) is 3.82. The molecule has 0 bridgehead atoms. The summed E-state index contributed by atoms with van der Waals surface area (Å²) in [5.41, 5.74) is 5.52. The van der Waals surface area contributed by atoms with Gasteiger partial charge in [0.25, 0.3) is 0 Å². The van der Waals surface area contributed by atoms with Crippen LogP contribution in [-0.4, -0.2) is 29.9 Å². The average Bonchev–Trinajstić information content (AvgIpc) is 2.03. The number of carbonyl (C=O) groups is 1. The first-order valence-electron chi connectivity index (χ1n) is 4.65. The summed E-state index contributed by atoms with van der Waals surface area (Å²) in [7, 11) is 0. The Kier molecular flexibility index (Phi) is 3.09. The van der Waals surface area contributed by atoms with E-state index in [9.17, 15) is 4.79 Å². The molecular weight excluding hydrogens is 152 g/mol. The molecule has 2 N–H and O–H groups in total. The van der Waals surface area contributed by atoms with Crippen molar-refractivity contribution in [2.24, 2.45) is 11.7 Å². The molecule has 2 atom stereocenters. The Morgan fingerprint density at radius 1 is 1.67 bits per heavy atom. The molecule has 0 aromatic carbocycles. The first-order chi connectivity index (χ1) is 5.61. The molecule has 3 nitrogen and oxygen atoms in total. The van der Waals surface area contributed by atoms with Crippen molar-refractivity contribution < 1.29 is 4.79 Å². The van der Waals surface area contributed by atoms with Crippen molar-refractivity contribution in [1.29, 1.82) is 0 Å². The third-order valence-electron chi connectivity index (χ3n) is 2.36. The molecule has 0 aromatic heterocycles. The van der Waals surface area contributed by atoms with Crippen LogP contribution in [0.15, 0.2) is 0 Å². The fraction of sp³-hybridized carbons (Fsp3) is 0.889. The monoisotopic (exact) mass is 170 g/mol. The lowest BCUT2D eigenvalue weighted by Gasteiger charge is -2.31. The van der Waals surface area contributed by atoms with E-state index < -0.39 is 0 Å². The summed E-state index contributed by atoms with van der Waals surface area (Å²) < 4.78 is 0. The van der Waals surface area contributed by atoms with E-state index in [0.717, 1.165) is 19.5 Å². The van der Waals surface area contributed by atoms with Crippen LogP contribution in [-0.2, 0) is 4.79 Å². The van der Waals surface area contributed by atoms with E-state index in [0.29, 0.717) is 5.92 Å². The molecule has 0 aliphatic carbocycles. The SMILES string of the molecule is CC1CCCN(C(=O)C(C)N)C1. The zero-order valence-electron chi connectivity index (χ0n) is 7.92. The molecule has 1 aliphatic heterocycles. The molecule has 1 amide bonds. The van der Waals surface area contributed by atoms with E-state index in [2.05, 4.69) is 6.92 Å². The maximum Gasteiger partial charge on any atom is 0.239 e. The fourth-order valence-electron chi connectivity index (χ4n) is 1.68. The van der Waals surface area contributed by atoms with Gasteiger partial charge < -0.3 is 10.6 Å². The van der Waals surface area contributed by atoms with Crippen molar-refractivity contribution in [2.45, 2.75) is 32.7 Å². The molecule has 1 saturated heterocycles. The van der Waals surface area contributed by atoms with Gasteiger partial charge in [-0.3, -0.25) is 4.79 Å². The van der Waals surface area contributed by atoms with Crippen LogP contribution < -0.4 is 5.73 Å². The molecule has 0 radical (unpaired) electrons. The maximum atomic E-state index is 11.4. The molecule has 1 rings (SSSR count). The normalized spacial score (nSPS) is 26.9. The molecule has 3 heteroatoms. The minimum absolute atomic E-state index is 0.0987. The lowest BCUT2D eigenvalue weighted by molar-refractivity contribution is -0.133. The Morgan fingerprint density at radius 3 is 2.83 bits per heavy atom. The third kappa shape index (κ3) is 2.21. The van der Waals surface area contributed by atoms with E-state index >= 15 is 0 Å². The average molecular weight is 170 g/mol. The van der Waals surface area contributed by atoms with E-state index in [1.807, 2.05) is 4.90 Å². The van der Waals surface area contributed by atoms with Gasteiger partial charge in [0, 0.05) is 13.1 Å². The van der Waals surface area contributed by atoms with Gasteiger partial charge in [0.2, 0.25) is 5.91 Å². The van der Waals surface area contributed by atoms with Crippen molar-refractivity contribution in [2.75, 3.05) is 13.1 Å². The number of rotatable bonds is 1. The van der Waals surface area contributed by atoms with Gasteiger partial charge in [-0.2, -0.15) is 0 Å². The second kappa shape index (κ2) is 3.90. The van der Waals surface area contributed by atoms with Crippen molar-refractivity contribution in [3.63, 3.8) is 0 Å². The predicted molar refractivity (Wildman–Crippen MR) is 48.6 cm³/mol. The number of carbonyl (C=O) groups excluding carboxylic acids is 1. The molecule has 0 saturated carbocycles. The summed E-state index contributed by atoms with van der Waals surface area (Å²) in [6.45, 7) is 5.72. The highest BCUT2D eigenvalue weighted by Crippen LogP contribution is 2.15. The van der Waals surface area contributed by atoms with E-state index in [-0.39, 0.29) is 11.9 Å². The van der Waals surface area contributed by atoms with Crippen LogP contribution in [0.5, 0.6) is 0 Å². The highest BCUT2D eigenvalue weighted by Gasteiger charge is 2.22. The van der Waals surface area contributed by atoms with Gasteiger partial charge in [-0.05, 0) is 25.7 Å². The number of nitrogens with zero attached hydrogens (tertiary/aromatic N) is 1. The lowest BCUT2D eigenvalue weighted by atomic mass is 10.00. The van der Waals surface area contributed by atoms with Gasteiger partial charge in [-0.25, -0.2) is 0 Å². The van der Waals surface area contributed by atoms with Crippen LogP contribution in [0.2, 0.25) is 0 Å². The number of hydrogen-bond acceptors (Lipinski definition) is 2. The minimum atomic E-state index is -0.338. The maximum absolute atomic E-state index is 11.4. The van der Waals surface area contributed by atoms with Crippen molar-refractivity contribution >= 4 is 5.91 Å². The largest absolute Gasteiger partial charge is 0.341 e. The minimum Gasteiger partial charge on any atom is -0.341 e. The summed E-state index contributed by atoms with van der Waals surface area (Å²) >= 11 is 0. The van der Waals surface area contributed by atoms with Crippen LogP contribution in [0.25, 0.3) is 0 Å². The standard InChI is InChI=1S/C9H18N2O/c1-7-4-3-5-11(6-7)9(12)8(2)10/h7-8H,3-6,10H2,1-2H3. The molecule has 0 aromatic rings. The first-order valence-corrected chi connectivity index (χ1v) is 4.65. The summed E-state index contributed by atoms with van der Waals surface area (Å²) in [6, 6.07) is -0.338. The first kappa shape index (κ1) is 9.52. The topological polar surface area (TPSA) is 46.3 Å².